The number of nitriles is 4. The van der Waals surface area contributed by atoms with Crippen LogP contribution in [0, 0.1) is 41.2 Å². The molecule has 0 aliphatic heterocycles. The third kappa shape index (κ3) is 4.49. The van der Waals surface area contributed by atoms with E-state index in [1.807, 2.05) is 0 Å². The van der Waals surface area contributed by atoms with Gasteiger partial charge in [0.1, 0.15) is 0 Å². The van der Waals surface area contributed by atoms with Gasteiger partial charge in [0.25, 0.3) is 0 Å². The second kappa shape index (κ2) is 8.15. The predicted octanol–water partition coefficient (Wildman–Crippen LogP) is -1.14. The summed E-state index contributed by atoms with van der Waals surface area (Å²) in [6, 6.07) is 0. The van der Waals surface area contributed by atoms with E-state index in [0.29, 0.717) is 0 Å². The molecule has 2 N–H and O–H groups in total. The summed E-state index contributed by atoms with van der Waals surface area (Å²) < 4.78 is 0. The Kier molecular flexibility index (Phi) is 12.8. The maximum atomic E-state index is 8.10. The number of hydrogen-bond acceptors (Lipinski definition) is 4. The fourth-order valence-corrected chi connectivity index (χ4v) is 0.391. The number of hydrogen-bond donors (Lipinski definition) is 0. The minimum Gasteiger partial charge on any atom is -0.412 e. The first-order chi connectivity index (χ1) is 4.24. The molecule has 0 bridgehead atoms. The predicted molar refractivity (Wildman–Crippen MR) is 31.8 cm³/mol. The number of rotatable bonds is 0. The summed E-state index contributed by atoms with van der Waals surface area (Å²) in [4.78, 5) is 0. The minimum absolute atomic E-state index is 0. The summed E-state index contributed by atoms with van der Waals surface area (Å²) in [6.45, 7) is 0. The first-order valence-corrected chi connectivity index (χ1v) is 3.50. The van der Waals surface area contributed by atoms with Crippen LogP contribution in [0.1, 0.15) is 0 Å². The van der Waals surface area contributed by atoms with Crippen molar-refractivity contribution >= 4 is 51.4 Å². The molecule has 55 valence electrons. The Balaban J connectivity index is -0.000000320. The zero-order valence-corrected chi connectivity index (χ0v) is 9.72. The van der Waals surface area contributed by atoms with Crippen molar-refractivity contribution in [2.75, 3.05) is 0 Å². The Morgan fingerprint density at radius 3 is 0.909 bits per heavy atom. The molecular formula is C4H2KN4NiO. The van der Waals surface area contributed by atoms with Gasteiger partial charge in [-0.2, -0.15) is 0 Å². The average molecular weight is 220 g/mol. The van der Waals surface area contributed by atoms with Crippen LogP contribution < -0.4 is 0 Å². The Morgan fingerprint density at radius 2 is 0.909 bits per heavy atom. The van der Waals surface area contributed by atoms with Crippen molar-refractivity contribution in [1.29, 1.82) is 21.0 Å². The van der Waals surface area contributed by atoms with Crippen molar-refractivity contribution in [2.24, 2.45) is 0 Å². The van der Waals surface area contributed by atoms with Gasteiger partial charge in [-0.15, -0.1) is 0 Å². The quantitative estimate of drug-likeness (QED) is 0.477. The van der Waals surface area contributed by atoms with Crippen LogP contribution in [0.3, 0.4) is 0 Å². The Bertz CT molecular complexity index is 215. The summed E-state index contributed by atoms with van der Waals surface area (Å²) in [5.74, 6) is 0. The van der Waals surface area contributed by atoms with Gasteiger partial charge < -0.3 is 5.48 Å². The summed E-state index contributed by atoms with van der Waals surface area (Å²) >= 11 is -3.03. The van der Waals surface area contributed by atoms with Gasteiger partial charge in [0.15, 0.2) is 0 Å². The molecule has 0 aromatic heterocycles. The Morgan fingerprint density at radius 1 is 0.727 bits per heavy atom. The summed E-state index contributed by atoms with van der Waals surface area (Å²) in [6.07, 6.45) is 0. The van der Waals surface area contributed by atoms with E-state index < -0.39 is 12.4 Å². The van der Waals surface area contributed by atoms with E-state index in [-0.39, 0.29) is 56.9 Å². The second-order valence-corrected chi connectivity index (χ2v) is 3.12. The maximum absolute atomic E-state index is 8.10. The molecule has 1 radical (unpaired) electrons. The monoisotopic (exact) mass is 219 g/mol. The van der Waals surface area contributed by atoms with Gasteiger partial charge in [0, 0.05) is 51.4 Å². The van der Waals surface area contributed by atoms with E-state index in [0.717, 1.165) is 0 Å². The smallest absolute Gasteiger partial charge is 0 e. The van der Waals surface area contributed by atoms with Crippen LogP contribution in [0.4, 0.5) is 0 Å². The average Bonchev–Trinajstić information content (AvgIpc) is 1.95. The van der Waals surface area contributed by atoms with Gasteiger partial charge in [0.05, 0.1) is 0 Å². The molecule has 0 aliphatic carbocycles. The van der Waals surface area contributed by atoms with Crippen LogP contribution in [0.5, 0.6) is 0 Å². The molecule has 0 saturated heterocycles. The molecule has 0 saturated carbocycles. The van der Waals surface area contributed by atoms with Crippen LogP contribution >= 0.6 is 0 Å². The van der Waals surface area contributed by atoms with E-state index in [4.69, 9.17) is 21.0 Å². The fraction of sp³-hybridized carbons (Fsp3) is 0. The standard InChI is InChI=1S/4CN.K.Ni.H2O/c4*1-2;;;/h;;;;;;1H2. The van der Waals surface area contributed by atoms with Gasteiger partial charge >= 0.3 is 53.6 Å². The van der Waals surface area contributed by atoms with E-state index in [1.165, 1.54) is 20.2 Å². The van der Waals surface area contributed by atoms with E-state index in [1.54, 1.807) is 0 Å². The van der Waals surface area contributed by atoms with Crippen molar-refractivity contribution in [3.63, 3.8) is 0 Å². The van der Waals surface area contributed by atoms with E-state index in [9.17, 15) is 0 Å². The van der Waals surface area contributed by atoms with Crippen molar-refractivity contribution in [2.45, 2.75) is 0 Å². The molecule has 0 atom stereocenters. The van der Waals surface area contributed by atoms with E-state index >= 15 is 0 Å². The van der Waals surface area contributed by atoms with Crippen molar-refractivity contribution < 1.29 is 17.9 Å². The summed E-state index contributed by atoms with van der Waals surface area (Å²) in [7, 11) is 0. The molecule has 0 spiro atoms. The third-order valence-electron chi connectivity index (χ3n) is 0.424. The van der Waals surface area contributed by atoms with Gasteiger partial charge in [0.2, 0.25) is 0 Å². The molecule has 0 amide bonds. The zero-order chi connectivity index (χ0) is 7.33. The first-order valence-electron chi connectivity index (χ1n) is 1.53. The largest absolute Gasteiger partial charge is 0.412 e. The molecule has 0 aromatic rings. The number of nitrogens with zero attached hydrogens (tertiary/aromatic N) is 4. The van der Waals surface area contributed by atoms with Crippen molar-refractivity contribution in [1.82, 2.24) is 0 Å². The molecular weight excluding hydrogens is 218 g/mol. The van der Waals surface area contributed by atoms with Gasteiger partial charge in [-0.25, -0.2) is 0 Å². The van der Waals surface area contributed by atoms with Crippen LogP contribution in [0.25, 0.3) is 0 Å². The van der Waals surface area contributed by atoms with Gasteiger partial charge in [-0.1, -0.05) is 0 Å². The summed E-state index contributed by atoms with van der Waals surface area (Å²) in [5, 5.41) is 37.9. The molecule has 0 aromatic carbocycles. The maximum Gasteiger partial charge on any atom is 0 e. The topological polar surface area (TPSA) is 127 Å². The Hall–Kier alpha value is 0.0499. The molecule has 0 fully saturated rings. The van der Waals surface area contributed by atoms with Crippen LogP contribution in [0.2, 0.25) is 0 Å². The molecule has 0 heterocycles. The van der Waals surface area contributed by atoms with Gasteiger partial charge in [-0.3, -0.25) is 0 Å². The Labute approximate surface area is 109 Å². The molecule has 7 heteroatoms. The molecule has 5 nitrogen and oxygen atoms in total. The molecule has 0 rings (SSSR count). The van der Waals surface area contributed by atoms with Crippen LogP contribution in [0.15, 0.2) is 0 Å². The van der Waals surface area contributed by atoms with Crippen LogP contribution in [-0.2, 0) is 12.4 Å². The van der Waals surface area contributed by atoms with E-state index in [2.05, 4.69) is 0 Å². The molecule has 11 heavy (non-hydrogen) atoms. The SMILES string of the molecule is N#[C][Ni]([C]#N)([C]#N)[C]#N.O.[K]. The minimum atomic E-state index is -3.03. The van der Waals surface area contributed by atoms with Gasteiger partial charge in [-0.05, 0) is 0 Å². The first kappa shape index (κ1) is 17.2. The normalized spacial score (nSPS) is 7.64. The van der Waals surface area contributed by atoms with Crippen molar-refractivity contribution in [3.05, 3.63) is 0 Å². The summed E-state index contributed by atoms with van der Waals surface area (Å²) in [5.41, 5.74) is 0. The zero-order valence-electron chi connectivity index (χ0n) is 5.61. The molecule has 0 unspecified atom stereocenters. The van der Waals surface area contributed by atoms with Crippen LogP contribution in [-0.4, -0.2) is 56.9 Å². The van der Waals surface area contributed by atoms with Crippen molar-refractivity contribution in [3.8, 4) is 20.2 Å². The molecule has 0 aliphatic rings. The second-order valence-electron chi connectivity index (χ2n) is 0.757. The fourth-order valence-electron chi connectivity index (χ4n) is 0.0949. The third-order valence-corrected chi connectivity index (χ3v) is 1.75.